The number of nitrogens with zero attached hydrogens (tertiary/aromatic N) is 1. The lowest BCUT2D eigenvalue weighted by atomic mass is 10.1. The Balaban J connectivity index is 1.98. The van der Waals surface area contributed by atoms with Crippen LogP contribution in [0.15, 0.2) is 22.9 Å². The van der Waals surface area contributed by atoms with Gasteiger partial charge in [0.05, 0.1) is 11.9 Å². The standard InChI is InChI=1S/C12H13BrF3N3O/c13-8-3-9(5-17-4-8)19-10(7-1-2-7)11(20)18-6-12(14,15)16/h3-5,7,10,19H,1-2,6H2,(H,18,20). The minimum atomic E-state index is -4.40. The minimum Gasteiger partial charge on any atom is -0.372 e. The van der Waals surface area contributed by atoms with E-state index in [1.807, 2.05) is 5.32 Å². The molecule has 110 valence electrons. The molecule has 1 aliphatic carbocycles. The van der Waals surface area contributed by atoms with Crippen LogP contribution in [0.1, 0.15) is 12.8 Å². The zero-order valence-electron chi connectivity index (χ0n) is 10.4. The average Bonchev–Trinajstić information content (AvgIpc) is 3.16. The van der Waals surface area contributed by atoms with E-state index in [0.717, 1.165) is 17.3 Å². The van der Waals surface area contributed by atoms with Crippen LogP contribution >= 0.6 is 15.9 Å². The molecule has 1 amide bonds. The van der Waals surface area contributed by atoms with Crippen molar-refractivity contribution in [1.82, 2.24) is 10.3 Å². The third kappa shape index (κ3) is 4.66. The molecule has 0 aliphatic heterocycles. The lowest BCUT2D eigenvalue weighted by Gasteiger charge is -2.19. The molecule has 1 aliphatic rings. The number of hydrogen-bond donors (Lipinski definition) is 2. The van der Waals surface area contributed by atoms with Crippen molar-refractivity contribution in [2.24, 2.45) is 5.92 Å². The van der Waals surface area contributed by atoms with Gasteiger partial charge in [0, 0.05) is 10.7 Å². The third-order valence-corrected chi connectivity index (χ3v) is 3.30. The summed E-state index contributed by atoms with van der Waals surface area (Å²) >= 11 is 3.25. The van der Waals surface area contributed by atoms with Crippen molar-refractivity contribution < 1.29 is 18.0 Å². The fourth-order valence-electron chi connectivity index (χ4n) is 1.79. The maximum absolute atomic E-state index is 12.1. The first-order chi connectivity index (χ1) is 9.35. The van der Waals surface area contributed by atoms with E-state index in [1.165, 1.54) is 6.20 Å². The van der Waals surface area contributed by atoms with Crippen molar-refractivity contribution in [3.8, 4) is 0 Å². The first kappa shape index (κ1) is 15.1. The number of nitrogens with one attached hydrogen (secondary N) is 2. The number of aromatic nitrogens is 1. The largest absolute Gasteiger partial charge is 0.405 e. The Labute approximate surface area is 122 Å². The normalized spacial score (nSPS) is 16.6. The first-order valence-corrected chi connectivity index (χ1v) is 6.86. The second kappa shape index (κ2) is 5.99. The SMILES string of the molecule is O=C(NCC(F)(F)F)C(Nc1cncc(Br)c1)C1CC1. The Kier molecular flexibility index (Phi) is 4.52. The monoisotopic (exact) mass is 351 g/mol. The van der Waals surface area contributed by atoms with Gasteiger partial charge in [0.2, 0.25) is 5.91 Å². The highest BCUT2D eigenvalue weighted by Gasteiger charge is 2.37. The maximum Gasteiger partial charge on any atom is 0.405 e. The summed E-state index contributed by atoms with van der Waals surface area (Å²) in [6, 6.07) is 1.06. The van der Waals surface area contributed by atoms with Gasteiger partial charge < -0.3 is 10.6 Å². The number of halogens is 4. The number of hydrogen-bond acceptors (Lipinski definition) is 3. The molecule has 0 aromatic carbocycles. The zero-order chi connectivity index (χ0) is 14.8. The molecule has 1 aromatic heterocycles. The van der Waals surface area contributed by atoms with Gasteiger partial charge in [0.1, 0.15) is 12.6 Å². The summed E-state index contributed by atoms with van der Waals surface area (Å²) in [6.45, 7) is -1.31. The van der Waals surface area contributed by atoms with Gasteiger partial charge in [-0.2, -0.15) is 13.2 Å². The minimum absolute atomic E-state index is 0.0715. The van der Waals surface area contributed by atoms with Crippen molar-refractivity contribution in [1.29, 1.82) is 0 Å². The van der Waals surface area contributed by atoms with Crippen LogP contribution in [0.5, 0.6) is 0 Å². The molecule has 0 radical (unpaired) electrons. The fourth-order valence-corrected chi connectivity index (χ4v) is 2.16. The second-order valence-electron chi connectivity index (χ2n) is 4.68. The number of pyridine rings is 1. The Bertz CT molecular complexity index is 491. The summed E-state index contributed by atoms with van der Waals surface area (Å²) in [5, 5.41) is 4.87. The molecule has 1 saturated carbocycles. The first-order valence-electron chi connectivity index (χ1n) is 6.07. The molecule has 20 heavy (non-hydrogen) atoms. The van der Waals surface area contributed by atoms with Crippen molar-refractivity contribution in [2.75, 3.05) is 11.9 Å². The van der Waals surface area contributed by atoms with Crippen LogP contribution in [0, 0.1) is 5.92 Å². The molecule has 4 nitrogen and oxygen atoms in total. The number of rotatable bonds is 5. The third-order valence-electron chi connectivity index (χ3n) is 2.87. The lowest BCUT2D eigenvalue weighted by molar-refractivity contribution is -0.139. The molecule has 1 fully saturated rings. The van der Waals surface area contributed by atoms with Crippen molar-refractivity contribution in [3.63, 3.8) is 0 Å². The number of anilines is 1. The van der Waals surface area contributed by atoms with Crippen LogP contribution in [-0.2, 0) is 4.79 Å². The molecule has 0 bridgehead atoms. The molecule has 0 spiro atoms. The van der Waals surface area contributed by atoms with Crippen molar-refractivity contribution in [2.45, 2.75) is 25.1 Å². The topological polar surface area (TPSA) is 54.0 Å². The molecular formula is C12H13BrF3N3O. The Morgan fingerprint density at radius 3 is 2.70 bits per heavy atom. The predicted molar refractivity (Wildman–Crippen MR) is 71.1 cm³/mol. The van der Waals surface area contributed by atoms with Crippen LogP contribution in [0.3, 0.4) is 0 Å². The second-order valence-corrected chi connectivity index (χ2v) is 5.60. The Morgan fingerprint density at radius 2 is 2.15 bits per heavy atom. The van der Waals surface area contributed by atoms with E-state index in [1.54, 1.807) is 12.3 Å². The highest BCUT2D eigenvalue weighted by Crippen LogP contribution is 2.34. The highest BCUT2D eigenvalue weighted by molar-refractivity contribution is 9.10. The molecule has 1 aromatic rings. The van der Waals surface area contributed by atoms with Gasteiger partial charge >= 0.3 is 6.18 Å². The molecule has 1 atom stereocenters. The summed E-state index contributed by atoms with van der Waals surface area (Å²) in [6.07, 6.45) is 0.371. The average molecular weight is 352 g/mol. The summed E-state index contributed by atoms with van der Waals surface area (Å²) < 4.78 is 37.1. The van der Waals surface area contributed by atoms with Crippen molar-refractivity contribution in [3.05, 3.63) is 22.9 Å². The number of alkyl halides is 3. The highest BCUT2D eigenvalue weighted by atomic mass is 79.9. The van der Waals surface area contributed by atoms with Crippen LogP contribution in [-0.4, -0.2) is 29.7 Å². The molecule has 8 heteroatoms. The van der Waals surface area contributed by atoms with E-state index in [0.29, 0.717) is 5.69 Å². The molecule has 2 rings (SSSR count). The van der Waals surface area contributed by atoms with Crippen LogP contribution in [0.4, 0.5) is 18.9 Å². The lowest BCUT2D eigenvalue weighted by Crippen LogP contribution is -2.44. The van der Waals surface area contributed by atoms with Gasteiger partial charge in [0.25, 0.3) is 0 Å². The number of amides is 1. The van der Waals surface area contributed by atoms with Gasteiger partial charge in [0.15, 0.2) is 0 Å². The van der Waals surface area contributed by atoms with E-state index in [-0.39, 0.29) is 5.92 Å². The smallest absolute Gasteiger partial charge is 0.372 e. The van der Waals surface area contributed by atoms with Gasteiger partial charge in [-0.1, -0.05) is 0 Å². The van der Waals surface area contributed by atoms with Crippen LogP contribution in [0.25, 0.3) is 0 Å². The number of carbonyl (C=O) groups is 1. The molecule has 2 N–H and O–H groups in total. The van der Waals surface area contributed by atoms with Gasteiger partial charge in [-0.3, -0.25) is 9.78 Å². The fraction of sp³-hybridized carbons (Fsp3) is 0.500. The quantitative estimate of drug-likeness (QED) is 0.857. The summed E-state index contributed by atoms with van der Waals surface area (Å²) in [5.41, 5.74) is 0.596. The number of carbonyl (C=O) groups excluding carboxylic acids is 1. The van der Waals surface area contributed by atoms with Gasteiger partial charge in [-0.05, 0) is 40.8 Å². The van der Waals surface area contributed by atoms with Crippen LogP contribution < -0.4 is 10.6 Å². The van der Waals surface area contributed by atoms with E-state index >= 15 is 0 Å². The predicted octanol–water partition coefficient (Wildman–Crippen LogP) is 2.71. The zero-order valence-corrected chi connectivity index (χ0v) is 12.0. The Morgan fingerprint density at radius 1 is 1.45 bits per heavy atom. The van der Waals surface area contributed by atoms with Crippen LogP contribution in [0.2, 0.25) is 0 Å². The molecule has 1 heterocycles. The summed E-state index contributed by atoms with van der Waals surface area (Å²) in [5.74, 6) is -0.563. The summed E-state index contributed by atoms with van der Waals surface area (Å²) in [4.78, 5) is 15.8. The van der Waals surface area contributed by atoms with E-state index in [4.69, 9.17) is 0 Å². The van der Waals surface area contributed by atoms with Gasteiger partial charge in [-0.25, -0.2) is 0 Å². The Hall–Kier alpha value is -1.31. The molecular weight excluding hydrogens is 339 g/mol. The van der Waals surface area contributed by atoms with E-state index < -0.39 is 24.7 Å². The molecule has 0 saturated heterocycles. The van der Waals surface area contributed by atoms with Crippen molar-refractivity contribution >= 4 is 27.5 Å². The van der Waals surface area contributed by atoms with Gasteiger partial charge in [-0.15, -0.1) is 0 Å². The van der Waals surface area contributed by atoms with E-state index in [9.17, 15) is 18.0 Å². The summed E-state index contributed by atoms with van der Waals surface area (Å²) in [7, 11) is 0. The molecule has 1 unspecified atom stereocenters. The maximum atomic E-state index is 12.1. The van der Waals surface area contributed by atoms with E-state index in [2.05, 4.69) is 26.2 Å².